The zero-order valence-electron chi connectivity index (χ0n) is 37.7. The summed E-state index contributed by atoms with van der Waals surface area (Å²) < 4.78 is 63.1. The first-order chi connectivity index (χ1) is 29.9. The van der Waals surface area contributed by atoms with E-state index in [2.05, 4.69) is 5.32 Å². The van der Waals surface area contributed by atoms with Gasteiger partial charge in [0.25, 0.3) is 0 Å². The molecule has 1 N–H and O–H groups in total. The van der Waals surface area contributed by atoms with E-state index in [-0.39, 0.29) is 26.4 Å². The molecule has 0 radical (unpaired) electrons. The molecular weight excluding hydrogens is 815 g/mol. The SMILES string of the molecule is CO[C@H]1O[C@H](COC2O[C@H](COC(=O)C(C)(C)C)[C@H](OC(=O)C(C)(C)C)[C@H](OC(C)=O)[C@H]2NC(C)=O)[C@@H](OCc2ccccc2)[C@H](OCc2ccccc2)[C@H]1OCc1ccccc1. The molecule has 2 aliphatic heterocycles. The van der Waals surface area contributed by atoms with Gasteiger partial charge in [-0.2, -0.15) is 0 Å². The molecule has 1 unspecified atom stereocenters. The van der Waals surface area contributed by atoms with Crippen molar-refractivity contribution in [2.75, 3.05) is 20.3 Å². The minimum atomic E-state index is -1.38. The molecule has 2 saturated heterocycles. The largest absolute Gasteiger partial charge is 0.462 e. The van der Waals surface area contributed by atoms with Crippen LogP contribution in [0.1, 0.15) is 72.1 Å². The minimum absolute atomic E-state index is 0.171. The van der Waals surface area contributed by atoms with Crippen molar-refractivity contribution in [2.45, 2.75) is 137 Å². The normalized spacial score (nSPS) is 26.3. The van der Waals surface area contributed by atoms with Crippen LogP contribution in [-0.2, 0) is 86.4 Å². The summed E-state index contributed by atoms with van der Waals surface area (Å²) in [7, 11) is 1.50. The second kappa shape index (κ2) is 22.7. The van der Waals surface area contributed by atoms with Gasteiger partial charge in [-0.05, 0) is 58.2 Å². The van der Waals surface area contributed by atoms with Crippen LogP contribution in [-0.4, -0.2) is 105 Å². The Morgan fingerprint density at radius 3 is 1.46 bits per heavy atom. The highest BCUT2D eigenvalue weighted by Gasteiger charge is 2.54. The number of amides is 1. The molecule has 3 aromatic rings. The molecule has 10 atom stereocenters. The summed E-state index contributed by atoms with van der Waals surface area (Å²) in [4.78, 5) is 52.1. The Morgan fingerprint density at radius 1 is 0.540 bits per heavy atom. The number of hydrogen-bond donors (Lipinski definition) is 1. The molecule has 2 aliphatic rings. The third kappa shape index (κ3) is 14.4. The fourth-order valence-electron chi connectivity index (χ4n) is 6.98. The van der Waals surface area contributed by atoms with Gasteiger partial charge in [0, 0.05) is 21.0 Å². The van der Waals surface area contributed by atoms with Crippen molar-refractivity contribution in [3.63, 3.8) is 0 Å². The standard InChI is InChI=1S/C48H63NO14/c1-30(50)49-37-40(60-31(2)51)39(63-46(53)48(6,7)8)36(29-59-45(52)47(3,4)5)61-43(37)58-28-35-38(55-25-32-19-13-10-14-20-32)41(56-26-33-21-15-11-16-22-33)42(44(54-9)62-35)57-27-34-23-17-12-18-24-34/h10-24,35-44H,25-29H2,1-9H3,(H,49,50)/t35-,36-,37-,38-,39+,40-,41+,42-,43?,44+/m1/s1. The Labute approximate surface area is 370 Å². The molecule has 3 aromatic carbocycles. The summed E-state index contributed by atoms with van der Waals surface area (Å²) >= 11 is 0. The van der Waals surface area contributed by atoms with Crippen molar-refractivity contribution >= 4 is 23.8 Å². The van der Waals surface area contributed by atoms with Gasteiger partial charge in [0.1, 0.15) is 43.2 Å². The Balaban J connectivity index is 1.51. The zero-order chi connectivity index (χ0) is 45.7. The number of rotatable bonds is 18. The summed E-state index contributed by atoms with van der Waals surface area (Å²) in [5.74, 6) is -2.45. The number of carbonyl (C=O) groups is 4. The van der Waals surface area contributed by atoms with Gasteiger partial charge in [0.2, 0.25) is 5.91 Å². The predicted octanol–water partition coefficient (Wildman–Crippen LogP) is 5.84. The lowest BCUT2D eigenvalue weighted by molar-refractivity contribution is -0.335. The molecule has 2 fully saturated rings. The van der Waals surface area contributed by atoms with Crippen molar-refractivity contribution in [2.24, 2.45) is 10.8 Å². The highest BCUT2D eigenvalue weighted by atomic mass is 16.7. The fraction of sp³-hybridized carbons (Fsp3) is 0.542. The number of benzene rings is 3. The van der Waals surface area contributed by atoms with Crippen molar-refractivity contribution in [3.8, 4) is 0 Å². The van der Waals surface area contributed by atoms with Gasteiger partial charge in [0.15, 0.2) is 24.8 Å². The molecule has 2 heterocycles. The van der Waals surface area contributed by atoms with E-state index in [1.54, 1.807) is 41.5 Å². The van der Waals surface area contributed by atoms with Crippen LogP contribution in [0.3, 0.4) is 0 Å². The third-order valence-corrected chi connectivity index (χ3v) is 10.3. The lowest BCUT2D eigenvalue weighted by Gasteiger charge is -2.47. The number of methoxy groups -OCH3 is 1. The van der Waals surface area contributed by atoms with Crippen LogP contribution in [0, 0.1) is 10.8 Å². The molecule has 0 aliphatic carbocycles. The molecule has 1 amide bonds. The first kappa shape index (κ1) is 49.3. The quantitative estimate of drug-likeness (QED) is 0.119. The van der Waals surface area contributed by atoms with E-state index in [0.717, 1.165) is 16.7 Å². The average molecular weight is 878 g/mol. The van der Waals surface area contributed by atoms with E-state index in [1.165, 1.54) is 21.0 Å². The van der Waals surface area contributed by atoms with Crippen molar-refractivity contribution in [1.29, 1.82) is 0 Å². The van der Waals surface area contributed by atoms with Crippen LogP contribution in [0.5, 0.6) is 0 Å². The molecule has 344 valence electrons. The van der Waals surface area contributed by atoms with Crippen LogP contribution >= 0.6 is 0 Å². The number of esters is 3. The van der Waals surface area contributed by atoms with Crippen molar-refractivity contribution < 1.29 is 66.5 Å². The topological polar surface area (TPSA) is 173 Å². The Bertz CT molecular complexity index is 1900. The maximum atomic E-state index is 13.4. The van der Waals surface area contributed by atoms with Gasteiger partial charge < -0.3 is 52.7 Å². The number of ether oxygens (including phenoxy) is 10. The van der Waals surface area contributed by atoms with Crippen LogP contribution in [0.25, 0.3) is 0 Å². The minimum Gasteiger partial charge on any atom is -0.462 e. The van der Waals surface area contributed by atoms with E-state index in [4.69, 9.17) is 47.4 Å². The average Bonchev–Trinajstić information content (AvgIpc) is 3.24. The Hall–Kier alpha value is -4.74. The second-order valence-electron chi connectivity index (χ2n) is 17.7. The van der Waals surface area contributed by atoms with Gasteiger partial charge in [-0.15, -0.1) is 0 Å². The first-order valence-electron chi connectivity index (χ1n) is 21.2. The van der Waals surface area contributed by atoms with Crippen LogP contribution < -0.4 is 5.32 Å². The highest BCUT2D eigenvalue weighted by Crippen LogP contribution is 2.34. The monoisotopic (exact) mass is 877 g/mol. The number of carbonyl (C=O) groups excluding carboxylic acids is 4. The Kier molecular flexibility index (Phi) is 17.8. The zero-order valence-corrected chi connectivity index (χ0v) is 37.7. The van der Waals surface area contributed by atoms with Crippen molar-refractivity contribution in [3.05, 3.63) is 108 Å². The predicted molar refractivity (Wildman–Crippen MR) is 228 cm³/mol. The van der Waals surface area contributed by atoms with Crippen LogP contribution in [0.15, 0.2) is 91.0 Å². The van der Waals surface area contributed by atoms with Gasteiger partial charge in [-0.1, -0.05) is 91.0 Å². The van der Waals surface area contributed by atoms with Gasteiger partial charge in [-0.25, -0.2) is 0 Å². The van der Waals surface area contributed by atoms with E-state index in [0.29, 0.717) is 0 Å². The summed E-state index contributed by atoms with van der Waals surface area (Å²) in [6.07, 6.45) is -9.61. The maximum Gasteiger partial charge on any atom is 0.311 e. The number of nitrogens with one attached hydrogen (secondary N) is 1. The smallest absolute Gasteiger partial charge is 0.311 e. The summed E-state index contributed by atoms with van der Waals surface area (Å²) in [6, 6.07) is 27.8. The molecular formula is C48H63NO14. The lowest BCUT2D eigenvalue weighted by atomic mass is 9.93. The summed E-state index contributed by atoms with van der Waals surface area (Å²) in [5, 5.41) is 2.78. The molecule has 15 nitrogen and oxygen atoms in total. The van der Waals surface area contributed by atoms with E-state index in [9.17, 15) is 19.2 Å². The summed E-state index contributed by atoms with van der Waals surface area (Å²) in [5.41, 5.74) is 0.861. The molecule has 15 heteroatoms. The van der Waals surface area contributed by atoms with Gasteiger partial charge in [-0.3, -0.25) is 19.2 Å². The molecule has 0 bridgehead atoms. The fourth-order valence-corrected chi connectivity index (χ4v) is 6.98. The van der Waals surface area contributed by atoms with Crippen LogP contribution in [0.4, 0.5) is 0 Å². The molecule has 5 rings (SSSR count). The second-order valence-corrected chi connectivity index (χ2v) is 17.7. The van der Waals surface area contributed by atoms with E-state index >= 15 is 0 Å². The Morgan fingerprint density at radius 2 is 1.00 bits per heavy atom. The molecule has 0 aromatic heterocycles. The van der Waals surface area contributed by atoms with E-state index in [1.807, 2.05) is 91.0 Å². The first-order valence-corrected chi connectivity index (χ1v) is 21.2. The molecule has 0 spiro atoms. The highest BCUT2D eigenvalue weighted by molar-refractivity contribution is 5.76. The summed E-state index contributed by atoms with van der Waals surface area (Å²) in [6.45, 7) is 12.5. The van der Waals surface area contributed by atoms with Gasteiger partial charge >= 0.3 is 17.9 Å². The van der Waals surface area contributed by atoms with E-state index < -0.39 is 103 Å². The number of hydrogen-bond acceptors (Lipinski definition) is 14. The third-order valence-electron chi connectivity index (χ3n) is 10.3. The van der Waals surface area contributed by atoms with Crippen molar-refractivity contribution in [1.82, 2.24) is 5.32 Å². The van der Waals surface area contributed by atoms with Crippen LogP contribution in [0.2, 0.25) is 0 Å². The lowest BCUT2D eigenvalue weighted by Crippen LogP contribution is -2.67. The molecule has 0 saturated carbocycles. The van der Waals surface area contributed by atoms with Gasteiger partial charge in [0.05, 0.1) is 37.3 Å². The molecule has 63 heavy (non-hydrogen) atoms. The maximum absolute atomic E-state index is 13.4.